The lowest BCUT2D eigenvalue weighted by Crippen LogP contribution is -2.18. The minimum absolute atomic E-state index is 0. The van der Waals surface area contributed by atoms with Crippen LogP contribution in [0.3, 0.4) is 0 Å². The van der Waals surface area contributed by atoms with E-state index in [4.69, 9.17) is 5.73 Å². The average Bonchev–Trinajstić information content (AvgIpc) is 2.62. The number of aromatic nitrogens is 1. The standard InChI is InChI=1S/C16H22N2.2ClH/c1-11(17)10-15-6-5-7-16(14(15)4)18-12(2)8-9-13(18)3;;/h5-9,11H,10,17H2,1-4H3;2*1H/t11-;;/m1../s1. The van der Waals surface area contributed by atoms with Crippen LogP contribution in [0.5, 0.6) is 0 Å². The second-order valence-corrected chi connectivity index (χ2v) is 5.19. The van der Waals surface area contributed by atoms with Gasteiger partial charge in [-0.25, -0.2) is 0 Å². The van der Waals surface area contributed by atoms with Gasteiger partial charge in [0.15, 0.2) is 0 Å². The first-order valence-corrected chi connectivity index (χ1v) is 6.50. The van der Waals surface area contributed by atoms with Gasteiger partial charge >= 0.3 is 0 Å². The first kappa shape index (κ1) is 19.0. The molecule has 0 amide bonds. The second-order valence-electron chi connectivity index (χ2n) is 5.19. The van der Waals surface area contributed by atoms with Crippen molar-refractivity contribution >= 4 is 24.8 Å². The van der Waals surface area contributed by atoms with Crippen molar-refractivity contribution in [3.8, 4) is 5.69 Å². The Morgan fingerprint density at radius 2 is 1.55 bits per heavy atom. The molecule has 0 bridgehead atoms. The maximum Gasteiger partial charge on any atom is 0.0486 e. The van der Waals surface area contributed by atoms with Gasteiger partial charge in [-0.3, -0.25) is 0 Å². The molecule has 2 aromatic rings. The summed E-state index contributed by atoms with van der Waals surface area (Å²) in [6.45, 7) is 8.53. The Morgan fingerprint density at radius 1 is 1.00 bits per heavy atom. The van der Waals surface area contributed by atoms with Crippen LogP contribution >= 0.6 is 24.8 Å². The number of nitrogens with zero attached hydrogens (tertiary/aromatic N) is 1. The predicted molar refractivity (Wildman–Crippen MR) is 91.8 cm³/mol. The number of nitrogens with two attached hydrogens (primary N) is 1. The first-order chi connectivity index (χ1) is 8.50. The molecule has 20 heavy (non-hydrogen) atoms. The van der Waals surface area contributed by atoms with Gasteiger partial charge in [-0.05, 0) is 63.4 Å². The van der Waals surface area contributed by atoms with Crippen molar-refractivity contribution in [2.45, 2.75) is 40.2 Å². The summed E-state index contributed by atoms with van der Waals surface area (Å²) >= 11 is 0. The molecule has 1 heterocycles. The third-order valence-corrected chi connectivity index (χ3v) is 3.47. The Hall–Kier alpha value is -0.960. The number of halogens is 2. The average molecular weight is 315 g/mol. The Bertz CT molecular complexity index is 540. The molecule has 0 spiro atoms. The lowest BCUT2D eigenvalue weighted by atomic mass is 10.0. The fraction of sp³-hybridized carbons (Fsp3) is 0.375. The van der Waals surface area contributed by atoms with Crippen molar-refractivity contribution in [3.63, 3.8) is 0 Å². The SMILES string of the molecule is Cc1c(C[C@@H](C)N)cccc1-n1c(C)ccc1C.Cl.Cl. The van der Waals surface area contributed by atoms with Crippen LogP contribution in [-0.2, 0) is 6.42 Å². The van der Waals surface area contributed by atoms with Crippen molar-refractivity contribution in [2.24, 2.45) is 5.73 Å². The quantitative estimate of drug-likeness (QED) is 0.907. The molecule has 2 N–H and O–H groups in total. The number of hydrogen-bond donors (Lipinski definition) is 1. The molecule has 0 saturated heterocycles. The molecular weight excluding hydrogens is 291 g/mol. The zero-order valence-electron chi connectivity index (χ0n) is 12.5. The molecule has 0 radical (unpaired) electrons. The molecular formula is C16H24Cl2N2. The van der Waals surface area contributed by atoms with Gasteiger partial charge in [0.2, 0.25) is 0 Å². The van der Waals surface area contributed by atoms with Gasteiger partial charge in [0.05, 0.1) is 0 Å². The summed E-state index contributed by atoms with van der Waals surface area (Å²) in [7, 11) is 0. The third-order valence-electron chi connectivity index (χ3n) is 3.47. The Morgan fingerprint density at radius 3 is 2.05 bits per heavy atom. The van der Waals surface area contributed by atoms with Gasteiger partial charge in [0.25, 0.3) is 0 Å². The third kappa shape index (κ3) is 3.78. The van der Waals surface area contributed by atoms with Gasteiger partial charge in [0, 0.05) is 23.1 Å². The van der Waals surface area contributed by atoms with Gasteiger partial charge in [-0.2, -0.15) is 0 Å². The minimum atomic E-state index is 0. The van der Waals surface area contributed by atoms with E-state index in [0.717, 1.165) is 6.42 Å². The monoisotopic (exact) mass is 314 g/mol. The number of hydrogen-bond acceptors (Lipinski definition) is 1. The van der Waals surface area contributed by atoms with Crippen LogP contribution in [0.25, 0.3) is 5.69 Å². The Labute approximate surface area is 134 Å². The highest BCUT2D eigenvalue weighted by atomic mass is 35.5. The first-order valence-electron chi connectivity index (χ1n) is 6.50. The maximum atomic E-state index is 5.92. The molecule has 0 saturated carbocycles. The van der Waals surface area contributed by atoms with E-state index in [1.807, 2.05) is 0 Å². The van der Waals surface area contributed by atoms with Crippen molar-refractivity contribution in [1.82, 2.24) is 4.57 Å². The summed E-state index contributed by atoms with van der Waals surface area (Å²) in [4.78, 5) is 0. The van der Waals surface area contributed by atoms with E-state index < -0.39 is 0 Å². The highest BCUT2D eigenvalue weighted by Crippen LogP contribution is 2.23. The zero-order chi connectivity index (χ0) is 13.3. The van der Waals surface area contributed by atoms with Crippen LogP contribution in [0.2, 0.25) is 0 Å². The molecule has 1 atom stereocenters. The fourth-order valence-electron chi connectivity index (χ4n) is 2.53. The molecule has 1 aromatic carbocycles. The number of benzene rings is 1. The lowest BCUT2D eigenvalue weighted by Gasteiger charge is -2.16. The lowest BCUT2D eigenvalue weighted by molar-refractivity contribution is 0.733. The largest absolute Gasteiger partial charge is 0.328 e. The summed E-state index contributed by atoms with van der Waals surface area (Å²) in [6, 6.07) is 11.0. The summed E-state index contributed by atoms with van der Waals surface area (Å²) < 4.78 is 2.31. The van der Waals surface area contributed by atoms with Gasteiger partial charge in [-0.15, -0.1) is 24.8 Å². The Balaban J connectivity index is 0.00000180. The fourth-order valence-corrected chi connectivity index (χ4v) is 2.53. The van der Waals surface area contributed by atoms with E-state index >= 15 is 0 Å². The molecule has 0 aliphatic heterocycles. The molecule has 0 aliphatic rings. The van der Waals surface area contributed by atoms with E-state index in [2.05, 4.69) is 62.6 Å². The minimum Gasteiger partial charge on any atom is -0.328 e. The van der Waals surface area contributed by atoms with Crippen LogP contribution in [0.4, 0.5) is 0 Å². The molecule has 0 aliphatic carbocycles. The van der Waals surface area contributed by atoms with E-state index in [0.29, 0.717) is 0 Å². The second kappa shape index (κ2) is 7.72. The van der Waals surface area contributed by atoms with E-state index in [9.17, 15) is 0 Å². The van der Waals surface area contributed by atoms with E-state index in [1.54, 1.807) is 0 Å². The van der Waals surface area contributed by atoms with Gasteiger partial charge in [0.1, 0.15) is 0 Å². The normalized spacial score (nSPS) is 11.4. The molecule has 0 fully saturated rings. The van der Waals surface area contributed by atoms with Crippen LogP contribution in [0.15, 0.2) is 30.3 Å². The number of aryl methyl sites for hydroxylation is 2. The summed E-state index contributed by atoms with van der Waals surface area (Å²) in [5.41, 5.74) is 12.4. The van der Waals surface area contributed by atoms with Crippen molar-refractivity contribution in [3.05, 3.63) is 52.8 Å². The van der Waals surface area contributed by atoms with E-state index in [-0.39, 0.29) is 30.9 Å². The van der Waals surface area contributed by atoms with E-state index in [1.165, 1.54) is 28.2 Å². The predicted octanol–water partition coefficient (Wildman–Crippen LogP) is 4.14. The van der Waals surface area contributed by atoms with Crippen molar-refractivity contribution in [1.29, 1.82) is 0 Å². The zero-order valence-corrected chi connectivity index (χ0v) is 14.1. The van der Waals surface area contributed by atoms with Gasteiger partial charge < -0.3 is 10.3 Å². The molecule has 4 heteroatoms. The molecule has 2 nitrogen and oxygen atoms in total. The Kier molecular flexibility index (Phi) is 7.35. The number of rotatable bonds is 3. The highest BCUT2D eigenvalue weighted by Gasteiger charge is 2.10. The molecule has 1 aromatic heterocycles. The van der Waals surface area contributed by atoms with Gasteiger partial charge in [-0.1, -0.05) is 12.1 Å². The van der Waals surface area contributed by atoms with Crippen LogP contribution in [0, 0.1) is 20.8 Å². The molecule has 0 unspecified atom stereocenters. The van der Waals surface area contributed by atoms with Crippen molar-refractivity contribution in [2.75, 3.05) is 0 Å². The summed E-state index contributed by atoms with van der Waals surface area (Å²) in [5, 5.41) is 0. The van der Waals surface area contributed by atoms with Crippen LogP contribution in [0.1, 0.15) is 29.4 Å². The van der Waals surface area contributed by atoms with Crippen molar-refractivity contribution < 1.29 is 0 Å². The summed E-state index contributed by atoms with van der Waals surface area (Å²) in [6.07, 6.45) is 0.930. The molecule has 112 valence electrons. The highest BCUT2D eigenvalue weighted by molar-refractivity contribution is 5.85. The maximum absolute atomic E-state index is 5.92. The van der Waals surface area contributed by atoms with Crippen LogP contribution in [-0.4, -0.2) is 10.6 Å². The van der Waals surface area contributed by atoms with Crippen LogP contribution < -0.4 is 5.73 Å². The molecule has 2 rings (SSSR count). The smallest absolute Gasteiger partial charge is 0.0486 e. The summed E-state index contributed by atoms with van der Waals surface area (Å²) in [5.74, 6) is 0. The topological polar surface area (TPSA) is 30.9 Å².